The van der Waals surface area contributed by atoms with Crippen molar-refractivity contribution < 1.29 is 4.74 Å². The van der Waals surface area contributed by atoms with Crippen molar-refractivity contribution in [2.24, 2.45) is 0 Å². The zero-order chi connectivity index (χ0) is 9.60. The minimum absolute atomic E-state index is 0.303. The molecule has 1 aromatic rings. The third-order valence-electron chi connectivity index (χ3n) is 3.44. The molecule has 1 aliphatic heterocycles. The maximum absolute atomic E-state index is 5.49. The van der Waals surface area contributed by atoms with Crippen LogP contribution in [0.25, 0.3) is 0 Å². The van der Waals surface area contributed by atoms with Crippen molar-refractivity contribution in [1.82, 2.24) is 0 Å². The van der Waals surface area contributed by atoms with Crippen LogP contribution in [0.2, 0.25) is 0 Å². The molecule has 3 heteroatoms. The van der Waals surface area contributed by atoms with Gasteiger partial charge in [-0.3, -0.25) is 0 Å². The molecule has 14 heavy (non-hydrogen) atoms. The van der Waals surface area contributed by atoms with Crippen LogP contribution in [0.3, 0.4) is 0 Å². The van der Waals surface area contributed by atoms with E-state index in [2.05, 4.69) is 31.7 Å². The van der Waals surface area contributed by atoms with Crippen molar-refractivity contribution in [1.29, 1.82) is 0 Å². The fourth-order valence-corrected chi connectivity index (χ4v) is 2.24. The molecule has 0 radical (unpaired) electrons. The van der Waals surface area contributed by atoms with Crippen LogP contribution in [0.1, 0.15) is 18.4 Å². The first-order chi connectivity index (χ1) is 6.84. The first kappa shape index (κ1) is 8.34. The Balaban J connectivity index is 2.04. The molecule has 0 saturated heterocycles. The van der Waals surface area contributed by atoms with Crippen LogP contribution >= 0.6 is 0 Å². The summed E-state index contributed by atoms with van der Waals surface area (Å²) in [5.74, 6) is 3.18. The molecule has 3 rings (SSSR count). The first-order valence-electron chi connectivity index (χ1n) is 5.24. The normalized spacial score (nSPS) is 20.5. The number of hydrogen-bond acceptors (Lipinski definition) is 1. The zero-order valence-corrected chi connectivity index (χ0v) is 8.25. The number of rotatable bonds is 2. The van der Waals surface area contributed by atoms with E-state index in [1.54, 1.807) is 0 Å². The van der Waals surface area contributed by atoms with Gasteiger partial charge in [-0.05, 0) is 0 Å². The molecular weight excluding hydrogens is 170 g/mol. The van der Waals surface area contributed by atoms with E-state index in [-0.39, 0.29) is 0 Å². The second kappa shape index (κ2) is 2.75. The van der Waals surface area contributed by atoms with Crippen LogP contribution < -0.4 is 10.2 Å². The fraction of sp³-hybridized carbons (Fsp3) is 0.364. The predicted molar refractivity (Wildman–Crippen MR) is 62.8 cm³/mol. The van der Waals surface area contributed by atoms with E-state index in [9.17, 15) is 0 Å². The minimum atomic E-state index is 0.303. The van der Waals surface area contributed by atoms with Gasteiger partial charge in [0.25, 0.3) is 0 Å². The molecule has 68 valence electrons. The maximum atomic E-state index is 5.49. The molecule has 1 nitrogen and oxygen atoms in total. The van der Waals surface area contributed by atoms with Crippen LogP contribution in [0.4, 0.5) is 0 Å². The Morgan fingerprint density at radius 3 is 3.00 bits per heavy atom. The standard InChI is InChI=1S/C11H12B2O/c12-6-11(3-4-11)8-1-2-10-9(5-8)13-7-14-10/h1-2,5-6,12-13H,3-4,7H2. The number of hydrogen-bond donors (Lipinski definition) is 0. The van der Waals surface area contributed by atoms with Gasteiger partial charge in [0.15, 0.2) is 0 Å². The van der Waals surface area contributed by atoms with Gasteiger partial charge in [0, 0.05) is 0 Å². The Hall–Kier alpha value is -0.980. The van der Waals surface area contributed by atoms with E-state index < -0.39 is 0 Å². The Kier molecular flexibility index (Phi) is 1.64. The van der Waals surface area contributed by atoms with Gasteiger partial charge in [0.1, 0.15) is 0 Å². The SMILES string of the molecule is B=CC1(c2ccc3c(c2)BCO3)CC1. The monoisotopic (exact) mass is 182 g/mol. The van der Waals surface area contributed by atoms with Crippen LogP contribution in [0, 0.1) is 0 Å². The van der Waals surface area contributed by atoms with Gasteiger partial charge < -0.3 is 0 Å². The predicted octanol–water partition coefficient (Wildman–Crippen LogP) is -0.167. The molecule has 1 aliphatic carbocycles. The van der Waals surface area contributed by atoms with Crippen molar-refractivity contribution in [2.75, 3.05) is 6.51 Å². The van der Waals surface area contributed by atoms with E-state index in [0.717, 1.165) is 19.5 Å². The van der Waals surface area contributed by atoms with Gasteiger partial charge in [-0.15, -0.1) is 0 Å². The van der Waals surface area contributed by atoms with Crippen molar-refractivity contribution >= 4 is 26.2 Å². The number of ether oxygens (including phenoxy) is 1. The quantitative estimate of drug-likeness (QED) is 0.577. The summed E-state index contributed by atoms with van der Waals surface area (Å²) in [5.41, 5.74) is 3.10. The van der Waals surface area contributed by atoms with Gasteiger partial charge in [-0.25, -0.2) is 0 Å². The molecule has 2 aliphatic rings. The average Bonchev–Trinajstić information content (AvgIpc) is 2.89. The topological polar surface area (TPSA) is 9.23 Å². The molecule has 0 atom stereocenters. The summed E-state index contributed by atoms with van der Waals surface area (Å²) in [6, 6.07) is 6.61. The fourth-order valence-electron chi connectivity index (χ4n) is 2.24. The molecule has 1 heterocycles. The van der Waals surface area contributed by atoms with Gasteiger partial charge in [0.2, 0.25) is 0 Å². The van der Waals surface area contributed by atoms with Crippen molar-refractivity contribution in [3.63, 3.8) is 0 Å². The summed E-state index contributed by atoms with van der Waals surface area (Å²) in [6.45, 7) is 0.847. The first-order valence-corrected chi connectivity index (χ1v) is 5.24. The molecule has 1 saturated carbocycles. The summed E-state index contributed by atoms with van der Waals surface area (Å²) in [6.07, 6.45) is 2.52. The Morgan fingerprint density at radius 2 is 2.29 bits per heavy atom. The molecule has 0 spiro atoms. The summed E-state index contributed by atoms with van der Waals surface area (Å²) in [5, 5.41) is 0. The third kappa shape index (κ3) is 1.08. The second-order valence-corrected chi connectivity index (χ2v) is 4.28. The zero-order valence-electron chi connectivity index (χ0n) is 8.25. The van der Waals surface area contributed by atoms with E-state index in [4.69, 9.17) is 4.74 Å². The van der Waals surface area contributed by atoms with Gasteiger partial charge in [-0.1, -0.05) is 0 Å². The summed E-state index contributed by atoms with van der Waals surface area (Å²) >= 11 is 0. The van der Waals surface area contributed by atoms with E-state index in [1.165, 1.54) is 23.9 Å². The van der Waals surface area contributed by atoms with Crippen molar-refractivity contribution in [2.45, 2.75) is 18.3 Å². The molecular formula is C11H12B2O. The summed E-state index contributed by atoms with van der Waals surface area (Å²) in [4.78, 5) is 0. The molecule has 0 unspecified atom stereocenters. The molecule has 0 bridgehead atoms. The van der Waals surface area contributed by atoms with Crippen LogP contribution in [0.5, 0.6) is 5.75 Å². The Morgan fingerprint density at radius 1 is 1.43 bits per heavy atom. The van der Waals surface area contributed by atoms with E-state index >= 15 is 0 Å². The Labute approximate surface area is 85.8 Å². The van der Waals surface area contributed by atoms with Gasteiger partial charge in [-0.2, -0.15) is 0 Å². The molecule has 0 N–H and O–H groups in total. The van der Waals surface area contributed by atoms with Crippen LogP contribution in [0.15, 0.2) is 18.2 Å². The molecule has 1 fully saturated rings. The second-order valence-electron chi connectivity index (χ2n) is 4.28. The summed E-state index contributed by atoms with van der Waals surface area (Å²) in [7, 11) is 5.00. The number of fused-ring (bicyclic) bond motifs is 1. The third-order valence-corrected chi connectivity index (χ3v) is 3.44. The van der Waals surface area contributed by atoms with E-state index in [0.29, 0.717) is 5.41 Å². The van der Waals surface area contributed by atoms with Crippen molar-refractivity contribution in [3.8, 4) is 5.75 Å². The molecule has 1 aromatic carbocycles. The van der Waals surface area contributed by atoms with Crippen LogP contribution in [-0.4, -0.2) is 27.2 Å². The summed E-state index contributed by atoms with van der Waals surface area (Å²) < 4.78 is 5.49. The van der Waals surface area contributed by atoms with Crippen LogP contribution in [-0.2, 0) is 5.41 Å². The van der Waals surface area contributed by atoms with Gasteiger partial charge in [0.05, 0.1) is 0 Å². The van der Waals surface area contributed by atoms with Crippen molar-refractivity contribution in [3.05, 3.63) is 23.8 Å². The molecule has 0 amide bonds. The number of benzene rings is 1. The average molecular weight is 182 g/mol. The Bertz CT molecular complexity index is 396. The van der Waals surface area contributed by atoms with E-state index in [1.807, 2.05) is 0 Å². The molecule has 0 aromatic heterocycles. The van der Waals surface area contributed by atoms with Gasteiger partial charge >= 0.3 is 85.2 Å².